The Morgan fingerprint density at radius 2 is 2.00 bits per heavy atom. The van der Waals surface area contributed by atoms with Crippen LogP contribution in [0.5, 0.6) is 0 Å². The van der Waals surface area contributed by atoms with Gasteiger partial charge in [-0.1, -0.05) is 54.6 Å². The summed E-state index contributed by atoms with van der Waals surface area (Å²) >= 11 is 0. The standard InChI is InChI=1S/C33H28N4/c34-18-17-24-23(20-35)9-6-12-29(24)37-30-15-13-22(21-7-2-1-3-8-21)19-27(30)32-31(37)16-14-26-25-10-4-5-11-28(25)36-33(26)32/h1-2,4-7,9-16,19,26,33,36H,3,8,17-18,34H2. The van der Waals surface area contributed by atoms with Gasteiger partial charge in [0, 0.05) is 22.6 Å². The summed E-state index contributed by atoms with van der Waals surface area (Å²) in [6.45, 7) is 0.496. The maximum absolute atomic E-state index is 9.89. The Bertz CT molecular complexity index is 1690. The van der Waals surface area contributed by atoms with Crippen LogP contribution in [-0.4, -0.2) is 11.1 Å². The van der Waals surface area contributed by atoms with Crippen molar-refractivity contribution in [2.24, 2.45) is 5.73 Å². The monoisotopic (exact) mass is 480 g/mol. The average Bonchev–Trinajstić information content (AvgIpc) is 3.49. The third kappa shape index (κ3) is 3.32. The number of rotatable bonds is 4. The fourth-order valence-corrected chi connectivity index (χ4v) is 6.44. The Hall–Kier alpha value is -4.33. The maximum atomic E-state index is 9.89. The average molecular weight is 481 g/mol. The Morgan fingerprint density at radius 1 is 1.08 bits per heavy atom. The van der Waals surface area contributed by atoms with Crippen molar-refractivity contribution in [3.63, 3.8) is 0 Å². The summed E-state index contributed by atoms with van der Waals surface area (Å²) in [6, 6.07) is 24.1. The largest absolute Gasteiger partial charge is 0.377 e. The van der Waals surface area contributed by atoms with E-state index in [4.69, 9.17) is 5.73 Å². The van der Waals surface area contributed by atoms with E-state index in [0.29, 0.717) is 18.5 Å². The van der Waals surface area contributed by atoms with Crippen LogP contribution in [0.1, 0.15) is 58.3 Å². The summed E-state index contributed by atoms with van der Waals surface area (Å²) in [5.41, 5.74) is 17.7. The number of nitriles is 1. The van der Waals surface area contributed by atoms with Crippen molar-refractivity contribution in [1.29, 1.82) is 5.26 Å². The summed E-state index contributed by atoms with van der Waals surface area (Å²) in [4.78, 5) is 0. The molecule has 2 heterocycles. The Labute approximate surface area is 217 Å². The highest BCUT2D eigenvalue weighted by molar-refractivity contribution is 5.95. The van der Waals surface area contributed by atoms with Crippen LogP contribution in [0, 0.1) is 11.3 Å². The van der Waals surface area contributed by atoms with Gasteiger partial charge in [-0.3, -0.25) is 0 Å². The number of para-hydroxylation sites is 1. The molecule has 1 aliphatic heterocycles. The number of nitrogens with zero attached hydrogens (tertiary/aromatic N) is 2. The minimum Gasteiger partial charge on any atom is -0.377 e. The lowest BCUT2D eigenvalue weighted by Gasteiger charge is -2.24. The van der Waals surface area contributed by atoms with E-state index in [1.807, 2.05) is 12.1 Å². The molecule has 180 valence electrons. The van der Waals surface area contributed by atoms with Crippen LogP contribution >= 0.6 is 0 Å². The van der Waals surface area contributed by atoms with E-state index < -0.39 is 0 Å². The molecule has 4 aromatic rings. The molecule has 4 nitrogen and oxygen atoms in total. The quantitative estimate of drug-likeness (QED) is 0.330. The molecular weight excluding hydrogens is 452 g/mol. The van der Waals surface area contributed by atoms with Gasteiger partial charge in [-0.05, 0) is 84.5 Å². The molecule has 2 atom stereocenters. The molecule has 0 radical (unpaired) electrons. The number of aromatic nitrogens is 1. The molecule has 0 saturated carbocycles. The molecule has 0 amide bonds. The van der Waals surface area contributed by atoms with Crippen LogP contribution in [0.4, 0.5) is 5.69 Å². The first kappa shape index (κ1) is 21.9. The normalized spacial score (nSPS) is 19.1. The van der Waals surface area contributed by atoms with E-state index in [-0.39, 0.29) is 12.0 Å². The molecule has 0 saturated heterocycles. The number of anilines is 1. The minimum atomic E-state index is 0.161. The van der Waals surface area contributed by atoms with Gasteiger partial charge in [0.15, 0.2) is 0 Å². The van der Waals surface area contributed by atoms with Gasteiger partial charge in [-0.15, -0.1) is 0 Å². The minimum absolute atomic E-state index is 0.161. The van der Waals surface area contributed by atoms with Gasteiger partial charge < -0.3 is 15.6 Å². The molecule has 3 aromatic carbocycles. The summed E-state index contributed by atoms with van der Waals surface area (Å²) in [7, 11) is 0. The van der Waals surface area contributed by atoms with Gasteiger partial charge in [-0.25, -0.2) is 0 Å². The lowest BCUT2D eigenvalue weighted by molar-refractivity contribution is 0.727. The van der Waals surface area contributed by atoms with Gasteiger partial charge in [0.1, 0.15) is 0 Å². The molecule has 7 rings (SSSR count). The molecule has 3 N–H and O–H groups in total. The van der Waals surface area contributed by atoms with E-state index in [1.54, 1.807) is 0 Å². The molecule has 2 unspecified atom stereocenters. The maximum Gasteiger partial charge on any atom is 0.0995 e. The summed E-state index contributed by atoms with van der Waals surface area (Å²) in [5.74, 6) is 0.289. The first-order valence-electron chi connectivity index (χ1n) is 13.1. The van der Waals surface area contributed by atoms with Crippen molar-refractivity contribution >= 4 is 28.2 Å². The van der Waals surface area contributed by atoms with Gasteiger partial charge in [0.05, 0.1) is 34.6 Å². The van der Waals surface area contributed by atoms with Crippen LogP contribution in [-0.2, 0) is 6.42 Å². The zero-order valence-electron chi connectivity index (χ0n) is 20.6. The van der Waals surface area contributed by atoms with Crippen LogP contribution in [0.3, 0.4) is 0 Å². The molecule has 0 bridgehead atoms. The first-order chi connectivity index (χ1) is 18.3. The molecule has 2 aliphatic carbocycles. The van der Waals surface area contributed by atoms with E-state index >= 15 is 0 Å². The van der Waals surface area contributed by atoms with E-state index in [9.17, 15) is 5.26 Å². The number of fused-ring (bicyclic) bond motifs is 7. The topological polar surface area (TPSA) is 66.8 Å². The number of nitrogens with one attached hydrogen (secondary N) is 1. The fraction of sp³-hybridized carbons (Fsp3) is 0.182. The van der Waals surface area contributed by atoms with Crippen molar-refractivity contribution in [2.75, 3.05) is 11.9 Å². The molecule has 1 aromatic heterocycles. The molecule has 3 aliphatic rings. The second-order valence-electron chi connectivity index (χ2n) is 10.1. The SMILES string of the molecule is N#Cc1cccc(-n2c3c(c4cc(C5=CC=CCC5)ccc42)C2Nc4ccccc4C2C=C3)c1CCN. The molecular formula is C33H28N4. The highest BCUT2D eigenvalue weighted by atomic mass is 15.0. The summed E-state index contributed by atoms with van der Waals surface area (Å²) in [5, 5.41) is 15.0. The van der Waals surface area contributed by atoms with Gasteiger partial charge in [0.25, 0.3) is 0 Å². The van der Waals surface area contributed by atoms with Crippen molar-refractivity contribution in [1.82, 2.24) is 4.57 Å². The Balaban J connectivity index is 1.52. The highest BCUT2D eigenvalue weighted by Gasteiger charge is 2.38. The molecule has 37 heavy (non-hydrogen) atoms. The van der Waals surface area contributed by atoms with E-state index in [0.717, 1.165) is 29.6 Å². The smallest absolute Gasteiger partial charge is 0.0995 e. The molecule has 4 heteroatoms. The van der Waals surface area contributed by atoms with Gasteiger partial charge in [-0.2, -0.15) is 5.26 Å². The van der Waals surface area contributed by atoms with E-state index in [2.05, 4.69) is 94.9 Å². The Morgan fingerprint density at radius 3 is 2.84 bits per heavy atom. The zero-order chi connectivity index (χ0) is 24.9. The molecule has 0 fully saturated rings. The molecule has 0 spiro atoms. The van der Waals surface area contributed by atoms with Crippen molar-refractivity contribution in [2.45, 2.75) is 31.2 Å². The zero-order valence-corrected chi connectivity index (χ0v) is 20.6. The van der Waals surface area contributed by atoms with Crippen LogP contribution in [0.25, 0.3) is 28.2 Å². The van der Waals surface area contributed by atoms with Crippen molar-refractivity contribution in [3.8, 4) is 11.8 Å². The lowest BCUT2D eigenvalue weighted by atomic mass is 9.84. The van der Waals surface area contributed by atoms with Crippen LogP contribution in [0.2, 0.25) is 0 Å². The van der Waals surface area contributed by atoms with Crippen LogP contribution in [0.15, 0.2) is 85.0 Å². The third-order valence-corrected chi connectivity index (χ3v) is 8.10. The first-order valence-corrected chi connectivity index (χ1v) is 13.1. The summed E-state index contributed by atoms with van der Waals surface area (Å²) < 4.78 is 2.35. The number of nitrogens with two attached hydrogens (primary N) is 1. The second kappa shape index (κ2) is 8.65. The van der Waals surface area contributed by atoms with Crippen molar-refractivity contribution in [3.05, 3.63) is 118 Å². The van der Waals surface area contributed by atoms with Crippen LogP contribution < -0.4 is 11.1 Å². The highest BCUT2D eigenvalue weighted by Crippen LogP contribution is 2.52. The predicted octanol–water partition coefficient (Wildman–Crippen LogP) is 7.01. The number of allylic oxidation sites excluding steroid dienone is 4. The van der Waals surface area contributed by atoms with E-state index in [1.165, 1.54) is 39.0 Å². The fourth-order valence-electron chi connectivity index (χ4n) is 6.44. The number of benzene rings is 3. The van der Waals surface area contributed by atoms with Gasteiger partial charge >= 0.3 is 0 Å². The second-order valence-corrected chi connectivity index (χ2v) is 10.1. The number of hydrogen-bond acceptors (Lipinski definition) is 3. The Kier molecular flexibility index (Phi) is 5.13. The van der Waals surface area contributed by atoms with Crippen molar-refractivity contribution < 1.29 is 0 Å². The predicted molar refractivity (Wildman–Crippen MR) is 152 cm³/mol. The van der Waals surface area contributed by atoms with Gasteiger partial charge in [0.2, 0.25) is 0 Å². The summed E-state index contributed by atoms with van der Waals surface area (Å²) in [6.07, 6.45) is 14.1. The lowest BCUT2D eigenvalue weighted by Crippen LogP contribution is -2.15. The number of hydrogen-bond donors (Lipinski definition) is 2. The third-order valence-electron chi connectivity index (χ3n) is 8.10.